The van der Waals surface area contributed by atoms with E-state index in [0.29, 0.717) is 0 Å². The standard InChI is InChI=1S/C11H12BrFN2/c1-6(14)4-9-8-3-2-7(13)5-10(8)15-11(9)12/h2-3,5-6,15H,4,14H2,1H3. The molecule has 2 nitrogen and oxygen atoms in total. The molecule has 0 aliphatic rings. The molecule has 1 aromatic heterocycles. The minimum absolute atomic E-state index is 0.0883. The first kappa shape index (κ1) is 10.6. The fourth-order valence-corrected chi connectivity index (χ4v) is 2.31. The Morgan fingerprint density at radius 3 is 2.93 bits per heavy atom. The predicted molar refractivity (Wildman–Crippen MR) is 63.3 cm³/mol. The smallest absolute Gasteiger partial charge is 0.125 e. The van der Waals surface area contributed by atoms with Crippen LogP contribution in [0, 0.1) is 5.82 Å². The summed E-state index contributed by atoms with van der Waals surface area (Å²) in [6.45, 7) is 1.95. The average molecular weight is 271 g/mol. The zero-order valence-corrected chi connectivity index (χ0v) is 9.94. The Balaban J connectivity index is 2.58. The van der Waals surface area contributed by atoms with Gasteiger partial charge in [0.2, 0.25) is 0 Å². The van der Waals surface area contributed by atoms with Crippen LogP contribution in [0.15, 0.2) is 22.8 Å². The monoisotopic (exact) mass is 270 g/mol. The van der Waals surface area contributed by atoms with Crippen LogP contribution in [-0.4, -0.2) is 11.0 Å². The molecule has 1 atom stereocenters. The summed E-state index contributed by atoms with van der Waals surface area (Å²) in [6.07, 6.45) is 0.770. The van der Waals surface area contributed by atoms with E-state index in [1.54, 1.807) is 6.07 Å². The lowest BCUT2D eigenvalue weighted by Gasteiger charge is -2.04. The van der Waals surface area contributed by atoms with Gasteiger partial charge in [-0.2, -0.15) is 0 Å². The molecule has 2 rings (SSSR count). The molecule has 0 bridgehead atoms. The van der Waals surface area contributed by atoms with Gasteiger partial charge in [-0.25, -0.2) is 4.39 Å². The molecule has 0 fully saturated rings. The zero-order valence-electron chi connectivity index (χ0n) is 8.35. The fraction of sp³-hybridized carbons (Fsp3) is 0.273. The molecule has 2 aromatic rings. The van der Waals surface area contributed by atoms with Gasteiger partial charge in [0, 0.05) is 16.9 Å². The maximum absolute atomic E-state index is 13.0. The van der Waals surface area contributed by atoms with E-state index in [2.05, 4.69) is 20.9 Å². The number of rotatable bonds is 2. The van der Waals surface area contributed by atoms with Gasteiger partial charge in [0.15, 0.2) is 0 Å². The largest absolute Gasteiger partial charge is 0.349 e. The van der Waals surface area contributed by atoms with Crippen molar-refractivity contribution < 1.29 is 4.39 Å². The molecule has 0 aliphatic heterocycles. The first-order valence-corrected chi connectivity index (χ1v) is 5.58. The van der Waals surface area contributed by atoms with Crippen LogP contribution in [-0.2, 0) is 6.42 Å². The van der Waals surface area contributed by atoms with Gasteiger partial charge in [-0.3, -0.25) is 0 Å². The first-order valence-electron chi connectivity index (χ1n) is 4.79. The van der Waals surface area contributed by atoms with Gasteiger partial charge < -0.3 is 10.7 Å². The molecular weight excluding hydrogens is 259 g/mol. The Morgan fingerprint density at radius 2 is 2.27 bits per heavy atom. The van der Waals surface area contributed by atoms with Gasteiger partial charge in [-0.05, 0) is 53.0 Å². The van der Waals surface area contributed by atoms with Gasteiger partial charge in [0.1, 0.15) is 5.82 Å². The van der Waals surface area contributed by atoms with E-state index >= 15 is 0 Å². The highest BCUT2D eigenvalue weighted by Gasteiger charge is 2.11. The number of nitrogens with one attached hydrogen (secondary N) is 1. The molecule has 1 heterocycles. The highest BCUT2D eigenvalue weighted by atomic mass is 79.9. The van der Waals surface area contributed by atoms with Crippen LogP contribution in [0.4, 0.5) is 4.39 Å². The second kappa shape index (κ2) is 3.94. The minimum Gasteiger partial charge on any atom is -0.349 e. The fourth-order valence-electron chi connectivity index (χ4n) is 1.72. The van der Waals surface area contributed by atoms with Crippen molar-refractivity contribution in [2.45, 2.75) is 19.4 Å². The van der Waals surface area contributed by atoms with Gasteiger partial charge in [-0.1, -0.05) is 0 Å². The third-order valence-electron chi connectivity index (χ3n) is 2.34. The van der Waals surface area contributed by atoms with Gasteiger partial charge in [-0.15, -0.1) is 0 Å². The van der Waals surface area contributed by atoms with E-state index in [-0.39, 0.29) is 11.9 Å². The summed E-state index contributed by atoms with van der Waals surface area (Å²) >= 11 is 3.43. The SMILES string of the molecule is CC(N)Cc1c(Br)[nH]c2cc(F)ccc12. The molecule has 4 heteroatoms. The Kier molecular flexibility index (Phi) is 2.80. The molecule has 80 valence electrons. The zero-order chi connectivity index (χ0) is 11.0. The van der Waals surface area contributed by atoms with Crippen molar-refractivity contribution in [1.29, 1.82) is 0 Å². The van der Waals surface area contributed by atoms with Gasteiger partial charge >= 0.3 is 0 Å². The number of nitrogens with two attached hydrogens (primary N) is 1. The second-order valence-corrected chi connectivity index (χ2v) is 4.58. The van der Waals surface area contributed by atoms with Crippen molar-refractivity contribution in [3.05, 3.63) is 34.2 Å². The maximum Gasteiger partial charge on any atom is 0.125 e. The summed E-state index contributed by atoms with van der Waals surface area (Å²) in [6, 6.07) is 4.83. The molecule has 1 unspecified atom stereocenters. The summed E-state index contributed by atoms with van der Waals surface area (Å²) in [5.74, 6) is -0.233. The third kappa shape index (κ3) is 2.06. The van der Waals surface area contributed by atoms with Crippen molar-refractivity contribution in [1.82, 2.24) is 4.98 Å². The van der Waals surface area contributed by atoms with Crippen LogP contribution in [0.2, 0.25) is 0 Å². The van der Waals surface area contributed by atoms with Crippen molar-refractivity contribution in [2.75, 3.05) is 0 Å². The number of aromatic nitrogens is 1. The van der Waals surface area contributed by atoms with Crippen molar-refractivity contribution in [2.24, 2.45) is 5.73 Å². The molecule has 0 amide bonds. The second-order valence-electron chi connectivity index (χ2n) is 3.79. The summed E-state index contributed by atoms with van der Waals surface area (Å²) in [7, 11) is 0. The maximum atomic E-state index is 13.0. The summed E-state index contributed by atoms with van der Waals surface area (Å²) in [5.41, 5.74) is 7.68. The number of aromatic amines is 1. The molecular formula is C11H12BrFN2. The predicted octanol–water partition coefficient (Wildman–Crippen LogP) is 2.96. The summed E-state index contributed by atoms with van der Waals surface area (Å²) in [4.78, 5) is 3.09. The first-order chi connectivity index (χ1) is 7.08. The molecule has 0 aliphatic carbocycles. The molecule has 0 saturated heterocycles. The molecule has 1 aromatic carbocycles. The van der Waals surface area contributed by atoms with Crippen LogP contribution in [0.25, 0.3) is 10.9 Å². The van der Waals surface area contributed by atoms with E-state index in [1.165, 1.54) is 12.1 Å². The van der Waals surface area contributed by atoms with E-state index in [4.69, 9.17) is 5.73 Å². The number of benzene rings is 1. The number of hydrogen-bond donors (Lipinski definition) is 2. The van der Waals surface area contributed by atoms with Gasteiger partial charge in [0.05, 0.1) is 4.60 Å². The van der Waals surface area contributed by atoms with Crippen LogP contribution in [0.1, 0.15) is 12.5 Å². The van der Waals surface area contributed by atoms with Crippen LogP contribution < -0.4 is 5.73 Å². The van der Waals surface area contributed by atoms with Crippen LogP contribution >= 0.6 is 15.9 Å². The van der Waals surface area contributed by atoms with Gasteiger partial charge in [0.25, 0.3) is 0 Å². The Hall–Kier alpha value is -0.870. The lowest BCUT2D eigenvalue weighted by molar-refractivity contribution is 0.629. The lowest BCUT2D eigenvalue weighted by atomic mass is 10.1. The molecule has 15 heavy (non-hydrogen) atoms. The number of fused-ring (bicyclic) bond motifs is 1. The molecule has 0 radical (unpaired) electrons. The topological polar surface area (TPSA) is 41.8 Å². The molecule has 0 spiro atoms. The van der Waals surface area contributed by atoms with E-state index < -0.39 is 0 Å². The Labute approximate surface area is 95.8 Å². The lowest BCUT2D eigenvalue weighted by Crippen LogP contribution is -2.17. The van der Waals surface area contributed by atoms with E-state index in [1.807, 2.05) is 6.92 Å². The minimum atomic E-state index is -0.233. The number of halogens is 2. The molecule has 3 N–H and O–H groups in total. The Bertz CT molecular complexity index is 491. The van der Waals surface area contributed by atoms with Crippen molar-refractivity contribution in [3.63, 3.8) is 0 Å². The Morgan fingerprint density at radius 1 is 1.53 bits per heavy atom. The van der Waals surface area contributed by atoms with E-state index in [9.17, 15) is 4.39 Å². The summed E-state index contributed by atoms with van der Waals surface area (Å²) < 4.78 is 13.9. The highest BCUT2D eigenvalue weighted by Crippen LogP contribution is 2.27. The van der Waals surface area contributed by atoms with Crippen LogP contribution in [0.5, 0.6) is 0 Å². The van der Waals surface area contributed by atoms with Crippen molar-refractivity contribution >= 4 is 26.8 Å². The molecule has 0 saturated carbocycles. The highest BCUT2D eigenvalue weighted by molar-refractivity contribution is 9.10. The number of hydrogen-bond acceptors (Lipinski definition) is 1. The summed E-state index contributed by atoms with van der Waals surface area (Å²) in [5, 5.41) is 1.03. The van der Waals surface area contributed by atoms with Crippen molar-refractivity contribution in [3.8, 4) is 0 Å². The van der Waals surface area contributed by atoms with Crippen LogP contribution in [0.3, 0.4) is 0 Å². The average Bonchev–Trinajstić information content (AvgIpc) is 2.41. The quantitative estimate of drug-likeness (QED) is 0.866. The normalized spacial score (nSPS) is 13.3. The van der Waals surface area contributed by atoms with E-state index in [0.717, 1.165) is 27.5 Å². The number of H-pyrrole nitrogens is 1. The third-order valence-corrected chi connectivity index (χ3v) is 3.02.